The fourth-order valence-corrected chi connectivity index (χ4v) is 1.85. The highest BCUT2D eigenvalue weighted by molar-refractivity contribution is 5.77. The molecule has 18 heavy (non-hydrogen) atoms. The van der Waals surface area contributed by atoms with Gasteiger partial charge in [0.15, 0.2) is 0 Å². The average molecular weight is 258 g/mol. The zero-order chi connectivity index (χ0) is 14.1. The van der Waals surface area contributed by atoms with E-state index in [1.54, 1.807) is 0 Å². The molecule has 2 unspecified atom stereocenters. The molecule has 2 atom stereocenters. The van der Waals surface area contributed by atoms with E-state index in [-0.39, 0.29) is 18.5 Å². The molecule has 0 bridgehead atoms. The average Bonchev–Trinajstić information content (AvgIpc) is 2.23. The summed E-state index contributed by atoms with van der Waals surface area (Å²) in [6, 6.07) is 0.114. The summed E-state index contributed by atoms with van der Waals surface area (Å²) in [7, 11) is 0. The zero-order valence-electron chi connectivity index (χ0n) is 11.8. The smallest absolute Gasteiger partial charge is 0.308 e. The van der Waals surface area contributed by atoms with E-state index in [1.165, 1.54) is 0 Å². The Balaban J connectivity index is 4.03. The molecule has 0 aliphatic heterocycles. The van der Waals surface area contributed by atoms with Crippen LogP contribution in [-0.4, -0.2) is 36.1 Å². The minimum atomic E-state index is -0.844. The molecule has 0 saturated carbocycles. The molecule has 1 amide bonds. The fourth-order valence-electron chi connectivity index (χ4n) is 1.85. The van der Waals surface area contributed by atoms with Crippen LogP contribution in [0.5, 0.6) is 0 Å². The van der Waals surface area contributed by atoms with Crippen LogP contribution in [0.4, 0.5) is 0 Å². The van der Waals surface area contributed by atoms with Gasteiger partial charge in [-0.25, -0.2) is 0 Å². The molecule has 106 valence electrons. The second-order valence-electron chi connectivity index (χ2n) is 5.13. The standard InChI is InChI=1S/C13H26N2O3/c1-5-14-10(4)7-12(16)15-8-11(13(17)18)6-9(2)3/h9-11,14H,5-8H2,1-4H3,(H,15,16)(H,17,18). The fraction of sp³-hybridized carbons (Fsp3) is 0.846. The number of rotatable bonds is 9. The number of carbonyl (C=O) groups is 2. The molecular weight excluding hydrogens is 232 g/mol. The first-order valence-corrected chi connectivity index (χ1v) is 6.59. The Morgan fingerprint density at radius 1 is 1.22 bits per heavy atom. The van der Waals surface area contributed by atoms with E-state index in [1.807, 2.05) is 27.7 Å². The Labute approximate surface area is 109 Å². The maximum absolute atomic E-state index is 11.6. The van der Waals surface area contributed by atoms with Crippen LogP contribution in [0, 0.1) is 11.8 Å². The number of carboxylic acid groups (broad SMARTS) is 1. The van der Waals surface area contributed by atoms with E-state index >= 15 is 0 Å². The molecule has 0 heterocycles. The lowest BCUT2D eigenvalue weighted by atomic mass is 9.97. The summed E-state index contributed by atoms with van der Waals surface area (Å²) in [6.45, 7) is 8.91. The van der Waals surface area contributed by atoms with Crippen LogP contribution in [0.3, 0.4) is 0 Å². The third-order valence-electron chi connectivity index (χ3n) is 2.69. The Hall–Kier alpha value is -1.10. The first kappa shape index (κ1) is 16.9. The minimum absolute atomic E-state index is 0.0987. The Morgan fingerprint density at radius 2 is 1.83 bits per heavy atom. The second-order valence-corrected chi connectivity index (χ2v) is 5.13. The van der Waals surface area contributed by atoms with Crippen LogP contribution in [-0.2, 0) is 9.59 Å². The van der Waals surface area contributed by atoms with E-state index in [4.69, 9.17) is 5.11 Å². The molecule has 0 aromatic rings. The summed E-state index contributed by atoms with van der Waals surface area (Å²) in [4.78, 5) is 22.6. The number of carbonyl (C=O) groups excluding carboxylic acids is 1. The number of amides is 1. The van der Waals surface area contributed by atoms with Crippen molar-refractivity contribution in [2.75, 3.05) is 13.1 Å². The van der Waals surface area contributed by atoms with Crippen molar-refractivity contribution in [1.29, 1.82) is 0 Å². The largest absolute Gasteiger partial charge is 0.481 e. The minimum Gasteiger partial charge on any atom is -0.481 e. The van der Waals surface area contributed by atoms with E-state index in [0.717, 1.165) is 6.54 Å². The summed E-state index contributed by atoms with van der Waals surface area (Å²) in [5, 5.41) is 14.9. The Bertz CT molecular complexity index is 267. The zero-order valence-corrected chi connectivity index (χ0v) is 11.8. The van der Waals surface area contributed by atoms with Gasteiger partial charge in [0.25, 0.3) is 0 Å². The predicted octanol–water partition coefficient (Wildman–Crippen LogP) is 1.24. The van der Waals surface area contributed by atoms with Gasteiger partial charge in [-0.3, -0.25) is 9.59 Å². The van der Waals surface area contributed by atoms with Gasteiger partial charge in [-0.1, -0.05) is 20.8 Å². The van der Waals surface area contributed by atoms with Crippen molar-refractivity contribution in [2.45, 2.75) is 46.6 Å². The first-order valence-electron chi connectivity index (χ1n) is 6.59. The highest BCUT2D eigenvalue weighted by atomic mass is 16.4. The van der Waals surface area contributed by atoms with Crippen molar-refractivity contribution in [3.05, 3.63) is 0 Å². The van der Waals surface area contributed by atoms with Gasteiger partial charge in [0.2, 0.25) is 5.91 Å². The summed E-state index contributed by atoms with van der Waals surface area (Å²) >= 11 is 0. The number of nitrogens with one attached hydrogen (secondary N) is 2. The van der Waals surface area contributed by atoms with E-state index < -0.39 is 11.9 Å². The second kappa shape index (κ2) is 8.91. The molecule has 5 nitrogen and oxygen atoms in total. The maximum atomic E-state index is 11.6. The van der Waals surface area contributed by atoms with Gasteiger partial charge in [0, 0.05) is 19.0 Å². The molecule has 0 aliphatic carbocycles. The van der Waals surface area contributed by atoms with Gasteiger partial charge >= 0.3 is 5.97 Å². The highest BCUT2D eigenvalue weighted by Crippen LogP contribution is 2.11. The number of hydrogen-bond donors (Lipinski definition) is 3. The van der Waals surface area contributed by atoms with Crippen molar-refractivity contribution in [3.8, 4) is 0 Å². The highest BCUT2D eigenvalue weighted by Gasteiger charge is 2.19. The normalized spacial score (nSPS) is 14.3. The molecule has 0 aliphatic rings. The summed E-state index contributed by atoms with van der Waals surface area (Å²) in [6.07, 6.45) is 0.959. The molecule has 5 heteroatoms. The topological polar surface area (TPSA) is 78.4 Å². The van der Waals surface area contributed by atoms with Crippen molar-refractivity contribution < 1.29 is 14.7 Å². The van der Waals surface area contributed by atoms with E-state index in [2.05, 4.69) is 10.6 Å². The van der Waals surface area contributed by atoms with Crippen molar-refractivity contribution in [1.82, 2.24) is 10.6 Å². The number of hydrogen-bond acceptors (Lipinski definition) is 3. The monoisotopic (exact) mass is 258 g/mol. The quantitative estimate of drug-likeness (QED) is 0.581. The molecule has 0 saturated heterocycles. The van der Waals surface area contributed by atoms with Gasteiger partial charge in [-0.15, -0.1) is 0 Å². The van der Waals surface area contributed by atoms with Crippen LogP contribution >= 0.6 is 0 Å². The van der Waals surface area contributed by atoms with Crippen LogP contribution in [0.15, 0.2) is 0 Å². The van der Waals surface area contributed by atoms with Crippen molar-refractivity contribution in [2.24, 2.45) is 11.8 Å². The lowest BCUT2D eigenvalue weighted by Gasteiger charge is -2.17. The van der Waals surface area contributed by atoms with Gasteiger partial charge < -0.3 is 15.7 Å². The van der Waals surface area contributed by atoms with Gasteiger partial charge in [0.1, 0.15) is 0 Å². The molecule has 0 aromatic heterocycles. The van der Waals surface area contributed by atoms with Gasteiger partial charge in [-0.2, -0.15) is 0 Å². The Kier molecular flexibility index (Phi) is 8.37. The van der Waals surface area contributed by atoms with E-state index in [0.29, 0.717) is 18.8 Å². The molecule has 0 fully saturated rings. The van der Waals surface area contributed by atoms with Crippen LogP contribution in [0.1, 0.15) is 40.5 Å². The molecule has 0 radical (unpaired) electrons. The summed E-state index contributed by atoms with van der Waals surface area (Å²) < 4.78 is 0. The summed E-state index contributed by atoms with van der Waals surface area (Å²) in [5.41, 5.74) is 0. The molecule has 3 N–H and O–H groups in total. The van der Waals surface area contributed by atoms with Crippen LogP contribution < -0.4 is 10.6 Å². The van der Waals surface area contributed by atoms with E-state index in [9.17, 15) is 9.59 Å². The molecule has 0 rings (SSSR count). The van der Waals surface area contributed by atoms with Crippen LogP contribution in [0.2, 0.25) is 0 Å². The third kappa shape index (κ3) is 8.06. The van der Waals surface area contributed by atoms with Crippen LogP contribution in [0.25, 0.3) is 0 Å². The van der Waals surface area contributed by atoms with Crippen molar-refractivity contribution in [3.63, 3.8) is 0 Å². The molecule has 0 spiro atoms. The number of carboxylic acids is 1. The molecular formula is C13H26N2O3. The maximum Gasteiger partial charge on any atom is 0.308 e. The van der Waals surface area contributed by atoms with Gasteiger partial charge in [-0.05, 0) is 25.8 Å². The predicted molar refractivity (Wildman–Crippen MR) is 71.3 cm³/mol. The number of aliphatic carboxylic acids is 1. The lowest BCUT2D eigenvalue weighted by Crippen LogP contribution is -2.37. The third-order valence-corrected chi connectivity index (χ3v) is 2.69. The van der Waals surface area contributed by atoms with Gasteiger partial charge in [0.05, 0.1) is 5.92 Å². The Morgan fingerprint density at radius 3 is 2.28 bits per heavy atom. The summed E-state index contributed by atoms with van der Waals surface area (Å²) in [5.74, 6) is -1.13. The first-order chi connectivity index (χ1) is 8.36. The van der Waals surface area contributed by atoms with Crippen molar-refractivity contribution >= 4 is 11.9 Å². The lowest BCUT2D eigenvalue weighted by molar-refractivity contribution is -0.142. The molecule has 0 aromatic carbocycles. The SMILES string of the molecule is CCNC(C)CC(=O)NCC(CC(C)C)C(=O)O.